The molecule has 3 heteroatoms. The molecule has 21 heavy (non-hydrogen) atoms. The van der Waals surface area contributed by atoms with E-state index in [0.29, 0.717) is 17.0 Å². The lowest BCUT2D eigenvalue weighted by Gasteiger charge is -2.22. The van der Waals surface area contributed by atoms with E-state index in [0.717, 1.165) is 0 Å². The van der Waals surface area contributed by atoms with Crippen LogP contribution in [0.2, 0.25) is 0 Å². The topological polar surface area (TPSA) is 0 Å². The molecule has 0 nitrogen and oxygen atoms in total. The fourth-order valence-corrected chi connectivity index (χ4v) is 3.31. The third kappa shape index (κ3) is 2.98. The van der Waals surface area contributed by atoms with Crippen LogP contribution in [0.15, 0.2) is 41.3 Å². The molecule has 0 N–H and O–H groups in total. The van der Waals surface area contributed by atoms with Crippen LogP contribution in [-0.2, 0) is 0 Å². The highest BCUT2D eigenvalue weighted by atomic mass is 32.1. The molecule has 0 amide bonds. The van der Waals surface area contributed by atoms with E-state index in [1.807, 2.05) is 12.1 Å². The van der Waals surface area contributed by atoms with Crippen molar-refractivity contribution in [1.29, 1.82) is 0 Å². The lowest BCUT2D eigenvalue weighted by molar-refractivity contribution is 0.443. The highest BCUT2D eigenvalue weighted by Crippen LogP contribution is 2.34. The third-order valence-electron chi connectivity index (χ3n) is 4.36. The standard InChI is InChI=1S/C18H18F2S/c19-17-15(10-11-16(21)18(17)20)14-8-6-13(7-9-14)12-4-2-1-3-5-12/h6-12,21H,1-5H2. The predicted octanol–water partition coefficient (Wildman–Crippen LogP) is 5.97. The van der Waals surface area contributed by atoms with Crippen molar-refractivity contribution in [3.63, 3.8) is 0 Å². The molecule has 0 unspecified atom stereocenters. The Labute approximate surface area is 129 Å². The Hall–Kier alpha value is -1.35. The molecule has 0 spiro atoms. The highest BCUT2D eigenvalue weighted by molar-refractivity contribution is 7.80. The van der Waals surface area contributed by atoms with Gasteiger partial charge in [0.25, 0.3) is 0 Å². The number of benzene rings is 2. The third-order valence-corrected chi connectivity index (χ3v) is 4.71. The van der Waals surface area contributed by atoms with Gasteiger partial charge in [-0.3, -0.25) is 0 Å². The first kappa shape index (κ1) is 14.6. The Bertz CT molecular complexity index is 628. The van der Waals surface area contributed by atoms with Crippen LogP contribution in [0.5, 0.6) is 0 Å². The van der Waals surface area contributed by atoms with Gasteiger partial charge in [-0.05, 0) is 36.0 Å². The number of rotatable bonds is 2. The molecule has 1 aliphatic rings. The van der Waals surface area contributed by atoms with E-state index in [1.54, 1.807) is 6.07 Å². The first-order valence-corrected chi connectivity index (χ1v) is 7.89. The summed E-state index contributed by atoms with van der Waals surface area (Å²) in [6, 6.07) is 11.0. The van der Waals surface area contributed by atoms with E-state index in [9.17, 15) is 8.78 Å². The molecule has 0 radical (unpaired) electrons. The zero-order valence-corrected chi connectivity index (χ0v) is 12.7. The summed E-state index contributed by atoms with van der Waals surface area (Å²) < 4.78 is 27.6. The predicted molar refractivity (Wildman–Crippen MR) is 84.9 cm³/mol. The Balaban J connectivity index is 1.89. The Morgan fingerprint density at radius 3 is 2.14 bits per heavy atom. The summed E-state index contributed by atoms with van der Waals surface area (Å²) in [5, 5.41) is 0. The van der Waals surface area contributed by atoms with Gasteiger partial charge in [0.2, 0.25) is 0 Å². The van der Waals surface area contributed by atoms with E-state index in [2.05, 4.69) is 24.8 Å². The van der Waals surface area contributed by atoms with Crippen LogP contribution in [0.3, 0.4) is 0 Å². The average Bonchev–Trinajstić information content (AvgIpc) is 2.54. The van der Waals surface area contributed by atoms with Crippen molar-refractivity contribution >= 4 is 12.6 Å². The summed E-state index contributed by atoms with van der Waals surface area (Å²) >= 11 is 3.90. The summed E-state index contributed by atoms with van der Waals surface area (Å²) in [7, 11) is 0. The normalized spacial score (nSPS) is 16.1. The number of thiol groups is 1. The van der Waals surface area contributed by atoms with Crippen LogP contribution in [0.1, 0.15) is 43.6 Å². The average molecular weight is 304 g/mol. The molecule has 0 aromatic heterocycles. The molecule has 0 bridgehead atoms. The molecule has 0 saturated heterocycles. The van der Waals surface area contributed by atoms with Gasteiger partial charge in [-0.25, -0.2) is 8.78 Å². The largest absolute Gasteiger partial charge is 0.203 e. The molecule has 0 atom stereocenters. The molecule has 3 rings (SSSR count). The molecular formula is C18H18F2S. The first-order chi connectivity index (χ1) is 10.2. The van der Waals surface area contributed by atoms with Crippen LogP contribution in [-0.4, -0.2) is 0 Å². The molecule has 110 valence electrons. The first-order valence-electron chi connectivity index (χ1n) is 7.44. The molecule has 0 aliphatic heterocycles. The minimum atomic E-state index is -0.882. The van der Waals surface area contributed by atoms with Crippen LogP contribution in [0.25, 0.3) is 11.1 Å². The monoisotopic (exact) mass is 304 g/mol. The van der Waals surface area contributed by atoms with Crippen molar-refractivity contribution in [1.82, 2.24) is 0 Å². The number of hydrogen-bond donors (Lipinski definition) is 1. The van der Waals surface area contributed by atoms with Gasteiger partial charge >= 0.3 is 0 Å². The maximum atomic E-state index is 14.0. The van der Waals surface area contributed by atoms with E-state index in [4.69, 9.17) is 0 Å². The summed E-state index contributed by atoms with van der Waals surface area (Å²) in [6.45, 7) is 0. The molecule has 0 heterocycles. The highest BCUT2D eigenvalue weighted by Gasteiger charge is 2.16. The lowest BCUT2D eigenvalue weighted by atomic mass is 9.84. The molecule has 1 aliphatic carbocycles. The van der Waals surface area contributed by atoms with Crippen molar-refractivity contribution in [2.45, 2.75) is 42.9 Å². The number of halogens is 2. The zero-order chi connectivity index (χ0) is 14.8. The van der Waals surface area contributed by atoms with E-state index in [-0.39, 0.29) is 4.90 Å². The van der Waals surface area contributed by atoms with Gasteiger partial charge < -0.3 is 0 Å². The van der Waals surface area contributed by atoms with Crippen molar-refractivity contribution in [3.05, 3.63) is 53.6 Å². The fourth-order valence-electron chi connectivity index (χ4n) is 3.13. The van der Waals surface area contributed by atoms with Crippen LogP contribution in [0.4, 0.5) is 8.78 Å². The van der Waals surface area contributed by atoms with Gasteiger partial charge in [0.1, 0.15) is 0 Å². The summed E-state index contributed by atoms with van der Waals surface area (Å²) in [6.07, 6.45) is 6.37. The lowest BCUT2D eigenvalue weighted by Crippen LogP contribution is -2.04. The van der Waals surface area contributed by atoms with Crippen molar-refractivity contribution < 1.29 is 8.78 Å². The second kappa shape index (κ2) is 6.18. The van der Waals surface area contributed by atoms with Crippen molar-refractivity contribution in [2.24, 2.45) is 0 Å². The van der Waals surface area contributed by atoms with E-state index < -0.39 is 11.6 Å². The van der Waals surface area contributed by atoms with Crippen molar-refractivity contribution in [3.8, 4) is 11.1 Å². The molecule has 2 aromatic carbocycles. The van der Waals surface area contributed by atoms with Crippen LogP contribution < -0.4 is 0 Å². The zero-order valence-electron chi connectivity index (χ0n) is 11.8. The van der Waals surface area contributed by atoms with Gasteiger partial charge in [-0.2, -0.15) is 0 Å². The van der Waals surface area contributed by atoms with Crippen molar-refractivity contribution in [2.75, 3.05) is 0 Å². The maximum absolute atomic E-state index is 14.0. The van der Waals surface area contributed by atoms with Gasteiger partial charge in [-0.15, -0.1) is 12.6 Å². The second-order valence-electron chi connectivity index (χ2n) is 5.72. The van der Waals surface area contributed by atoms with E-state index >= 15 is 0 Å². The fraction of sp³-hybridized carbons (Fsp3) is 0.333. The summed E-state index contributed by atoms with van der Waals surface area (Å²) in [5.41, 5.74) is 2.31. The van der Waals surface area contributed by atoms with Gasteiger partial charge in [0, 0.05) is 10.5 Å². The van der Waals surface area contributed by atoms with Crippen LogP contribution >= 0.6 is 12.6 Å². The Morgan fingerprint density at radius 2 is 1.48 bits per heavy atom. The Morgan fingerprint density at radius 1 is 0.810 bits per heavy atom. The quantitative estimate of drug-likeness (QED) is 0.649. The minimum Gasteiger partial charge on any atom is -0.203 e. The van der Waals surface area contributed by atoms with Gasteiger partial charge in [0.05, 0.1) is 0 Å². The smallest absolute Gasteiger partial charge is 0.172 e. The molecular weight excluding hydrogens is 286 g/mol. The molecule has 1 saturated carbocycles. The Kier molecular flexibility index (Phi) is 4.29. The van der Waals surface area contributed by atoms with Gasteiger partial charge in [0.15, 0.2) is 11.6 Å². The van der Waals surface area contributed by atoms with E-state index in [1.165, 1.54) is 43.7 Å². The number of hydrogen-bond acceptors (Lipinski definition) is 1. The van der Waals surface area contributed by atoms with Crippen LogP contribution in [0, 0.1) is 11.6 Å². The molecule has 2 aromatic rings. The SMILES string of the molecule is Fc1c(S)ccc(-c2ccc(C3CCCCC3)cc2)c1F. The minimum absolute atomic E-state index is 0.0371. The summed E-state index contributed by atoms with van der Waals surface area (Å²) in [5.74, 6) is -1.09. The maximum Gasteiger partial charge on any atom is 0.172 e. The molecule has 1 fully saturated rings. The second-order valence-corrected chi connectivity index (χ2v) is 6.20. The summed E-state index contributed by atoms with van der Waals surface area (Å²) in [4.78, 5) is 0.0371. The van der Waals surface area contributed by atoms with Gasteiger partial charge in [-0.1, -0.05) is 49.6 Å².